The van der Waals surface area contributed by atoms with Crippen molar-refractivity contribution in [2.24, 2.45) is 0 Å². The second-order valence-corrected chi connectivity index (χ2v) is 9.69. The highest BCUT2D eigenvalue weighted by atomic mass is 32.2. The van der Waals surface area contributed by atoms with Crippen LogP contribution in [0.15, 0.2) is 48.5 Å². The van der Waals surface area contributed by atoms with Crippen molar-refractivity contribution in [1.82, 2.24) is 24.6 Å². The van der Waals surface area contributed by atoms with Gasteiger partial charge in [0, 0.05) is 60.3 Å². The standard InChI is InChI=1S/C25H31N5O2S/c1-16-25(3)17(2)32-23-7-5-4-6-20(23)22-14-18-8-9-19(15-21(18)30(16)22)24(31)29-33-28-13-11-26-10-12-27-25/h4-9,14-17,26-28H,10-13H2,1-3H3,(H,29,31). The molecule has 4 bridgehead atoms. The van der Waals surface area contributed by atoms with Crippen LogP contribution in [0.4, 0.5) is 0 Å². The van der Waals surface area contributed by atoms with E-state index in [0.717, 1.165) is 54.1 Å². The zero-order valence-electron chi connectivity index (χ0n) is 19.3. The van der Waals surface area contributed by atoms with E-state index in [1.807, 2.05) is 36.4 Å². The third kappa shape index (κ3) is 4.01. The summed E-state index contributed by atoms with van der Waals surface area (Å²) in [5, 5.41) is 8.36. The van der Waals surface area contributed by atoms with Gasteiger partial charge in [-0.05, 0) is 51.1 Å². The van der Waals surface area contributed by atoms with Gasteiger partial charge in [-0.1, -0.05) is 18.2 Å². The van der Waals surface area contributed by atoms with Gasteiger partial charge < -0.3 is 19.9 Å². The Kier molecular flexibility index (Phi) is 6.09. The van der Waals surface area contributed by atoms with Crippen molar-refractivity contribution >= 4 is 28.9 Å². The minimum absolute atomic E-state index is 0.0654. The van der Waals surface area contributed by atoms with E-state index < -0.39 is 0 Å². The number of benzene rings is 2. The Morgan fingerprint density at radius 2 is 1.88 bits per heavy atom. The maximum absolute atomic E-state index is 12.8. The molecule has 5 rings (SSSR count). The predicted molar refractivity (Wildman–Crippen MR) is 135 cm³/mol. The molecule has 1 amide bonds. The zero-order valence-corrected chi connectivity index (χ0v) is 20.1. The number of nitrogens with zero attached hydrogens (tertiary/aromatic N) is 1. The molecule has 0 fully saturated rings. The van der Waals surface area contributed by atoms with Crippen molar-refractivity contribution in [2.45, 2.75) is 38.5 Å². The van der Waals surface area contributed by atoms with Gasteiger partial charge in [0.2, 0.25) is 0 Å². The number of fused-ring (bicyclic) bond motifs is 4. The lowest BCUT2D eigenvalue weighted by Gasteiger charge is -2.44. The van der Waals surface area contributed by atoms with E-state index in [1.165, 1.54) is 12.1 Å². The molecule has 0 saturated carbocycles. The fraction of sp³-hybridized carbons (Fsp3) is 0.400. The number of carbonyl (C=O) groups is 1. The number of nitrogens with one attached hydrogen (secondary N) is 4. The Morgan fingerprint density at radius 3 is 2.76 bits per heavy atom. The van der Waals surface area contributed by atoms with E-state index in [1.54, 1.807) is 0 Å². The molecule has 8 heteroatoms. The van der Waals surface area contributed by atoms with Crippen molar-refractivity contribution in [3.8, 4) is 17.0 Å². The molecule has 7 nitrogen and oxygen atoms in total. The van der Waals surface area contributed by atoms with Crippen LogP contribution in [0, 0.1) is 0 Å². The highest BCUT2D eigenvalue weighted by Crippen LogP contribution is 2.43. The van der Waals surface area contributed by atoms with Gasteiger partial charge in [0.15, 0.2) is 0 Å². The quantitative estimate of drug-likeness (QED) is 0.381. The monoisotopic (exact) mass is 465 g/mol. The Labute approximate surface area is 198 Å². The van der Waals surface area contributed by atoms with Crippen LogP contribution in [0.3, 0.4) is 0 Å². The molecule has 174 valence electrons. The Morgan fingerprint density at radius 1 is 1.06 bits per heavy atom. The minimum Gasteiger partial charge on any atom is -0.488 e. The second kappa shape index (κ2) is 9.02. The van der Waals surface area contributed by atoms with Gasteiger partial charge in [-0.25, -0.2) is 4.72 Å². The number of carbonyl (C=O) groups excluding carboxylic acids is 1. The maximum Gasteiger partial charge on any atom is 0.262 e. The first kappa shape index (κ1) is 22.3. The molecule has 2 aliphatic heterocycles. The first-order valence-corrected chi connectivity index (χ1v) is 12.4. The number of rotatable bonds is 0. The lowest BCUT2D eigenvalue weighted by molar-refractivity contribution is 0.0710. The summed E-state index contributed by atoms with van der Waals surface area (Å²) in [6.45, 7) is 9.85. The molecular formula is C25H31N5O2S. The molecular weight excluding hydrogens is 434 g/mol. The van der Waals surface area contributed by atoms with Crippen molar-refractivity contribution in [1.29, 1.82) is 0 Å². The lowest BCUT2D eigenvalue weighted by Crippen LogP contribution is -2.59. The van der Waals surface area contributed by atoms with Gasteiger partial charge in [-0.2, -0.15) is 0 Å². The fourth-order valence-corrected chi connectivity index (χ4v) is 5.34. The number of ether oxygens (including phenoxy) is 1. The molecule has 0 radical (unpaired) electrons. The summed E-state index contributed by atoms with van der Waals surface area (Å²) < 4.78 is 15.0. The molecule has 3 unspecified atom stereocenters. The number of amides is 1. The summed E-state index contributed by atoms with van der Waals surface area (Å²) in [5.74, 6) is 0.767. The highest BCUT2D eigenvalue weighted by molar-refractivity contribution is 7.96. The summed E-state index contributed by atoms with van der Waals surface area (Å²) in [6, 6.07) is 16.4. The van der Waals surface area contributed by atoms with Crippen LogP contribution in [0.2, 0.25) is 0 Å². The van der Waals surface area contributed by atoms with Gasteiger partial charge in [-0.3, -0.25) is 9.52 Å². The van der Waals surface area contributed by atoms with Gasteiger partial charge in [-0.15, -0.1) is 0 Å². The van der Waals surface area contributed by atoms with E-state index in [-0.39, 0.29) is 23.6 Å². The smallest absolute Gasteiger partial charge is 0.262 e. The van der Waals surface area contributed by atoms with E-state index in [9.17, 15) is 4.79 Å². The first-order valence-electron chi connectivity index (χ1n) is 11.5. The second-order valence-electron chi connectivity index (χ2n) is 8.99. The number of hydrogen-bond acceptors (Lipinski definition) is 6. The number of para-hydroxylation sites is 1. The molecule has 0 saturated heterocycles. The largest absolute Gasteiger partial charge is 0.488 e. The van der Waals surface area contributed by atoms with Crippen LogP contribution < -0.4 is 24.8 Å². The molecule has 3 heterocycles. The summed E-state index contributed by atoms with van der Waals surface area (Å²) in [5.41, 5.74) is 3.51. The maximum atomic E-state index is 12.8. The third-order valence-electron chi connectivity index (χ3n) is 7.10. The van der Waals surface area contributed by atoms with Gasteiger partial charge in [0.25, 0.3) is 5.91 Å². The van der Waals surface area contributed by atoms with E-state index in [4.69, 9.17) is 4.74 Å². The van der Waals surface area contributed by atoms with Crippen molar-refractivity contribution in [2.75, 3.05) is 26.2 Å². The van der Waals surface area contributed by atoms with Crippen LogP contribution in [0.5, 0.6) is 5.75 Å². The zero-order chi connectivity index (χ0) is 23.0. The normalized spacial score (nSPS) is 26.3. The Balaban J connectivity index is 1.72. The molecule has 0 aliphatic carbocycles. The average molecular weight is 466 g/mol. The average Bonchev–Trinajstić information content (AvgIpc) is 3.19. The van der Waals surface area contributed by atoms with Crippen molar-refractivity contribution in [3.63, 3.8) is 0 Å². The molecule has 4 N–H and O–H groups in total. The van der Waals surface area contributed by atoms with E-state index >= 15 is 0 Å². The van der Waals surface area contributed by atoms with E-state index in [2.05, 4.69) is 57.5 Å². The van der Waals surface area contributed by atoms with E-state index in [0.29, 0.717) is 5.56 Å². The molecule has 0 spiro atoms. The third-order valence-corrected chi connectivity index (χ3v) is 7.73. The highest BCUT2D eigenvalue weighted by Gasteiger charge is 2.42. The summed E-state index contributed by atoms with van der Waals surface area (Å²) >= 11 is 1.23. The number of aromatic nitrogens is 1. The van der Waals surface area contributed by atoms with Crippen molar-refractivity contribution in [3.05, 3.63) is 54.1 Å². The summed E-state index contributed by atoms with van der Waals surface area (Å²) in [7, 11) is 0. The molecule has 2 aromatic carbocycles. The van der Waals surface area contributed by atoms with Crippen LogP contribution >= 0.6 is 12.1 Å². The molecule has 3 atom stereocenters. The van der Waals surface area contributed by atoms with Crippen LogP contribution in [0.25, 0.3) is 22.2 Å². The van der Waals surface area contributed by atoms with Crippen molar-refractivity contribution < 1.29 is 9.53 Å². The molecule has 33 heavy (non-hydrogen) atoms. The SMILES string of the molecule is CC1Oc2ccccc2-c2cc3ccc4cc3n2C(C)C1(C)NCCNCCNSNC4=O. The van der Waals surface area contributed by atoms with Gasteiger partial charge in [0.1, 0.15) is 11.9 Å². The van der Waals surface area contributed by atoms with Crippen LogP contribution in [-0.4, -0.2) is 48.3 Å². The van der Waals surface area contributed by atoms with Gasteiger partial charge >= 0.3 is 0 Å². The topological polar surface area (TPSA) is 79.3 Å². The number of hydrogen-bond donors (Lipinski definition) is 4. The van der Waals surface area contributed by atoms with Crippen LogP contribution in [-0.2, 0) is 0 Å². The molecule has 3 aromatic rings. The summed E-state index contributed by atoms with van der Waals surface area (Å²) in [4.78, 5) is 12.8. The first-order chi connectivity index (χ1) is 16.0. The molecule has 1 aromatic heterocycles. The lowest BCUT2D eigenvalue weighted by atomic mass is 9.86. The Bertz CT molecular complexity index is 1180. The summed E-state index contributed by atoms with van der Waals surface area (Å²) in [6.07, 6.45) is -0.0809. The Hall–Kier alpha value is -2.52. The van der Waals surface area contributed by atoms with Gasteiger partial charge in [0.05, 0.1) is 17.3 Å². The fourth-order valence-electron chi connectivity index (χ4n) is 4.86. The molecule has 2 aliphatic rings. The van der Waals surface area contributed by atoms with Crippen LogP contribution in [0.1, 0.15) is 37.2 Å². The minimum atomic E-state index is -0.348. The predicted octanol–water partition coefficient (Wildman–Crippen LogP) is 3.48.